The van der Waals surface area contributed by atoms with Gasteiger partial charge in [0.25, 0.3) is 0 Å². The largest absolute Gasteiger partial charge is 0.497 e. The van der Waals surface area contributed by atoms with E-state index in [0.29, 0.717) is 11.4 Å². The minimum absolute atomic E-state index is 0.319. The quantitative estimate of drug-likeness (QED) is 0.800. The highest BCUT2D eigenvalue weighted by atomic mass is 16.5. The summed E-state index contributed by atoms with van der Waals surface area (Å²) in [6.45, 7) is 0. The first-order valence-electron chi connectivity index (χ1n) is 6.27. The molecule has 0 fully saturated rings. The highest BCUT2D eigenvalue weighted by Gasteiger charge is 2.11. The maximum Gasteiger partial charge on any atom is 0.410 e. The zero-order valence-electron chi connectivity index (χ0n) is 11.3. The molecule has 106 valence electrons. The van der Waals surface area contributed by atoms with Crippen LogP contribution in [0.25, 0.3) is 16.9 Å². The highest BCUT2D eigenvalue weighted by molar-refractivity contribution is 5.73. The number of hydrogen-bond donors (Lipinski definition) is 1. The Labute approximate surface area is 120 Å². The highest BCUT2D eigenvalue weighted by Crippen LogP contribution is 2.26. The van der Waals surface area contributed by atoms with Crippen LogP contribution in [-0.2, 0) is 0 Å². The maximum absolute atomic E-state index is 10.9. The molecule has 1 aromatic carbocycles. The zero-order chi connectivity index (χ0) is 14.8. The average molecular weight is 283 g/mol. The number of benzene rings is 1. The van der Waals surface area contributed by atoms with Gasteiger partial charge in [-0.3, -0.25) is 0 Å². The van der Waals surface area contributed by atoms with E-state index in [-0.39, 0.29) is 0 Å². The molecule has 2 N–H and O–H groups in total. The Morgan fingerprint density at radius 3 is 2.90 bits per heavy atom. The van der Waals surface area contributed by atoms with Gasteiger partial charge in [-0.25, -0.2) is 9.78 Å². The van der Waals surface area contributed by atoms with Gasteiger partial charge in [0.15, 0.2) is 11.4 Å². The Kier molecular flexibility index (Phi) is 3.19. The fraction of sp³-hybridized carbons (Fsp3) is 0.0667. The van der Waals surface area contributed by atoms with Crippen molar-refractivity contribution in [1.29, 1.82) is 0 Å². The van der Waals surface area contributed by atoms with Crippen molar-refractivity contribution in [1.82, 2.24) is 9.38 Å². The Balaban J connectivity index is 2.10. The van der Waals surface area contributed by atoms with Crippen molar-refractivity contribution in [2.75, 3.05) is 7.11 Å². The van der Waals surface area contributed by atoms with Crippen molar-refractivity contribution in [2.45, 2.75) is 0 Å². The van der Waals surface area contributed by atoms with Gasteiger partial charge in [0, 0.05) is 18.0 Å². The van der Waals surface area contributed by atoms with Gasteiger partial charge in [-0.1, -0.05) is 12.1 Å². The lowest BCUT2D eigenvalue weighted by Crippen LogP contribution is -2.16. The van der Waals surface area contributed by atoms with Crippen LogP contribution >= 0.6 is 0 Å². The van der Waals surface area contributed by atoms with Gasteiger partial charge in [-0.05, 0) is 24.3 Å². The summed E-state index contributed by atoms with van der Waals surface area (Å²) in [6, 6.07) is 11.0. The van der Waals surface area contributed by atoms with Gasteiger partial charge >= 0.3 is 6.09 Å². The van der Waals surface area contributed by atoms with Crippen molar-refractivity contribution in [2.24, 2.45) is 5.73 Å². The number of pyridine rings is 1. The summed E-state index contributed by atoms with van der Waals surface area (Å²) in [6.07, 6.45) is 2.80. The SMILES string of the molecule is COc1cccc(-c2cn3cccc(OC(N)=O)c3n2)c1. The Morgan fingerprint density at radius 2 is 2.14 bits per heavy atom. The van der Waals surface area contributed by atoms with Crippen LogP contribution in [0.1, 0.15) is 0 Å². The topological polar surface area (TPSA) is 78.9 Å². The Bertz CT molecular complexity index is 811. The normalized spacial score (nSPS) is 10.5. The number of ether oxygens (including phenoxy) is 2. The number of carbonyl (C=O) groups excluding carboxylic acids is 1. The molecule has 0 aliphatic heterocycles. The van der Waals surface area contributed by atoms with Gasteiger partial charge in [-0.2, -0.15) is 0 Å². The van der Waals surface area contributed by atoms with E-state index in [9.17, 15) is 4.79 Å². The van der Waals surface area contributed by atoms with Crippen molar-refractivity contribution in [3.8, 4) is 22.8 Å². The van der Waals surface area contributed by atoms with Crippen molar-refractivity contribution in [3.05, 3.63) is 48.8 Å². The van der Waals surface area contributed by atoms with Gasteiger partial charge in [0.05, 0.1) is 12.8 Å². The number of fused-ring (bicyclic) bond motifs is 1. The van der Waals surface area contributed by atoms with Crippen LogP contribution in [0.2, 0.25) is 0 Å². The van der Waals surface area contributed by atoms with E-state index < -0.39 is 6.09 Å². The van der Waals surface area contributed by atoms with Crippen molar-refractivity contribution >= 4 is 11.7 Å². The van der Waals surface area contributed by atoms with Gasteiger partial charge < -0.3 is 19.6 Å². The summed E-state index contributed by atoms with van der Waals surface area (Å²) in [5.41, 5.74) is 7.23. The minimum atomic E-state index is -0.867. The number of methoxy groups -OCH3 is 1. The standard InChI is InChI=1S/C15H13N3O3/c1-20-11-5-2-4-10(8-11)12-9-18-7-3-6-13(14(18)17-12)21-15(16)19/h2-9H,1H3,(H2,16,19). The smallest absolute Gasteiger partial charge is 0.410 e. The first kappa shape index (κ1) is 13.0. The van der Waals surface area contributed by atoms with Gasteiger partial charge in [0.2, 0.25) is 0 Å². The van der Waals surface area contributed by atoms with E-state index in [1.807, 2.05) is 36.7 Å². The number of rotatable bonds is 3. The Morgan fingerprint density at radius 1 is 1.29 bits per heavy atom. The molecular formula is C15H13N3O3. The van der Waals surface area contributed by atoms with Crippen LogP contribution in [0.3, 0.4) is 0 Å². The van der Waals surface area contributed by atoms with Crippen LogP contribution in [0.5, 0.6) is 11.5 Å². The molecule has 0 atom stereocenters. The fourth-order valence-electron chi connectivity index (χ4n) is 2.10. The van der Waals surface area contributed by atoms with E-state index in [4.69, 9.17) is 15.2 Å². The van der Waals surface area contributed by atoms with Crippen LogP contribution < -0.4 is 15.2 Å². The first-order valence-corrected chi connectivity index (χ1v) is 6.27. The van der Waals surface area contributed by atoms with Crippen LogP contribution in [0, 0.1) is 0 Å². The third-order valence-electron chi connectivity index (χ3n) is 3.02. The summed E-state index contributed by atoms with van der Waals surface area (Å²) >= 11 is 0. The summed E-state index contributed by atoms with van der Waals surface area (Å²) in [5.74, 6) is 1.07. The van der Waals surface area contributed by atoms with Gasteiger partial charge in [0.1, 0.15) is 5.75 Å². The van der Waals surface area contributed by atoms with Gasteiger partial charge in [-0.15, -0.1) is 0 Å². The molecule has 0 bridgehead atoms. The predicted octanol–water partition coefficient (Wildman–Crippen LogP) is 2.47. The summed E-state index contributed by atoms with van der Waals surface area (Å²) in [5, 5.41) is 0. The molecule has 6 nitrogen and oxygen atoms in total. The number of nitrogens with zero attached hydrogens (tertiary/aromatic N) is 2. The molecule has 0 aliphatic carbocycles. The zero-order valence-corrected chi connectivity index (χ0v) is 11.3. The molecule has 6 heteroatoms. The second-order valence-corrected chi connectivity index (χ2v) is 4.38. The van der Waals surface area contributed by atoms with Crippen LogP contribution in [0.15, 0.2) is 48.8 Å². The summed E-state index contributed by atoms with van der Waals surface area (Å²) in [7, 11) is 1.61. The number of carbonyl (C=O) groups is 1. The lowest BCUT2D eigenvalue weighted by molar-refractivity contribution is 0.211. The molecule has 0 aliphatic rings. The monoisotopic (exact) mass is 283 g/mol. The van der Waals surface area contributed by atoms with Crippen LogP contribution in [0.4, 0.5) is 4.79 Å². The number of nitrogens with two attached hydrogens (primary N) is 1. The van der Waals surface area contributed by atoms with Crippen LogP contribution in [-0.4, -0.2) is 22.6 Å². The summed E-state index contributed by atoms with van der Waals surface area (Å²) in [4.78, 5) is 15.4. The van der Waals surface area contributed by atoms with E-state index >= 15 is 0 Å². The first-order chi connectivity index (χ1) is 10.2. The average Bonchev–Trinajstić information content (AvgIpc) is 2.92. The molecule has 0 saturated heterocycles. The molecule has 0 unspecified atom stereocenters. The number of imidazole rings is 1. The molecule has 1 amide bonds. The molecule has 3 rings (SSSR count). The number of amides is 1. The summed E-state index contributed by atoms with van der Waals surface area (Å²) < 4.78 is 11.9. The predicted molar refractivity (Wildman–Crippen MR) is 77.4 cm³/mol. The molecule has 0 saturated carbocycles. The number of primary amides is 1. The van der Waals surface area contributed by atoms with E-state index in [1.165, 1.54) is 0 Å². The fourth-order valence-corrected chi connectivity index (χ4v) is 2.10. The molecule has 0 spiro atoms. The number of hydrogen-bond acceptors (Lipinski definition) is 4. The maximum atomic E-state index is 10.9. The number of aromatic nitrogens is 2. The third kappa shape index (κ3) is 2.51. The van der Waals surface area contributed by atoms with E-state index in [2.05, 4.69) is 4.98 Å². The molecule has 0 radical (unpaired) electrons. The second-order valence-electron chi connectivity index (χ2n) is 4.38. The molecule has 2 aromatic heterocycles. The van der Waals surface area contributed by atoms with E-state index in [0.717, 1.165) is 17.0 Å². The Hall–Kier alpha value is -3.02. The lowest BCUT2D eigenvalue weighted by Gasteiger charge is -2.01. The molecular weight excluding hydrogens is 270 g/mol. The third-order valence-corrected chi connectivity index (χ3v) is 3.02. The molecule has 21 heavy (non-hydrogen) atoms. The lowest BCUT2D eigenvalue weighted by atomic mass is 10.1. The molecule has 3 aromatic rings. The minimum Gasteiger partial charge on any atom is -0.497 e. The van der Waals surface area contributed by atoms with E-state index in [1.54, 1.807) is 23.6 Å². The molecule has 2 heterocycles. The second kappa shape index (κ2) is 5.16. The van der Waals surface area contributed by atoms with Crippen molar-refractivity contribution in [3.63, 3.8) is 0 Å². The van der Waals surface area contributed by atoms with Crippen molar-refractivity contribution < 1.29 is 14.3 Å².